The Kier molecular flexibility index (Phi) is 3.88. The lowest BCUT2D eigenvalue weighted by atomic mass is 10.2. The average molecular weight is 297 g/mol. The zero-order valence-corrected chi connectivity index (χ0v) is 12.7. The predicted molar refractivity (Wildman–Crippen MR) is 88.1 cm³/mol. The number of methoxy groups -OCH3 is 2. The highest BCUT2D eigenvalue weighted by atomic mass is 32.1. The van der Waals surface area contributed by atoms with Gasteiger partial charge in [0.05, 0.1) is 24.4 Å². The lowest BCUT2D eigenvalue weighted by molar-refractivity contribution is 0.356. The minimum atomic E-state index is 0.703. The molecule has 0 amide bonds. The van der Waals surface area contributed by atoms with Crippen LogP contribution in [-0.4, -0.2) is 19.2 Å². The normalized spacial score (nSPS) is 11.1. The standard InChI is InChI=1S/C17H15NO2S/c1-19-14-10-13-16(11-15(14)20-2)21-17(18-13)9-8-12-6-4-3-5-7-12/h3-11H,1-2H3. The molecule has 21 heavy (non-hydrogen) atoms. The summed E-state index contributed by atoms with van der Waals surface area (Å²) >= 11 is 1.63. The van der Waals surface area contributed by atoms with E-state index in [2.05, 4.69) is 23.2 Å². The summed E-state index contributed by atoms with van der Waals surface area (Å²) in [5.41, 5.74) is 2.08. The Hall–Kier alpha value is -2.33. The minimum Gasteiger partial charge on any atom is -0.493 e. The van der Waals surface area contributed by atoms with Crippen LogP contribution in [0.2, 0.25) is 0 Å². The molecular formula is C17H15NO2S. The molecule has 3 rings (SSSR count). The molecule has 0 aliphatic heterocycles. The predicted octanol–water partition coefficient (Wildman–Crippen LogP) is 4.48. The zero-order chi connectivity index (χ0) is 14.7. The fraction of sp³-hybridized carbons (Fsp3) is 0.118. The number of thiazole rings is 1. The number of hydrogen-bond donors (Lipinski definition) is 0. The number of rotatable bonds is 4. The van der Waals surface area contributed by atoms with Gasteiger partial charge >= 0.3 is 0 Å². The number of fused-ring (bicyclic) bond motifs is 1. The van der Waals surface area contributed by atoms with Crippen LogP contribution in [0, 0.1) is 0 Å². The van der Waals surface area contributed by atoms with Crippen LogP contribution < -0.4 is 9.47 Å². The van der Waals surface area contributed by atoms with Crippen molar-refractivity contribution in [2.75, 3.05) is 14.2 Å². The first kappa shape index (κ1) is 13.6. The van der Waals surface area contributed by atoms with Gasteiger partial charge in [-0.05, 0) is 11.6 Å². The van der Waals surface area contributed by atoms with Crippen molar-refractivity contribution in [2.24, 2.45) is 0 Å². The van der Waals surface area contributed by atoms with E-state index in [0.717, 1.165) is 26.5 Å². The number of ether oxygens (including phenoxy) is 2. The third-order valence-corrected chi connectivity index (χ3v) is 4.11. The molecule has 0 saturated carbocycles. The molecule has 2 aromatic carbocycles. The smallest absolute Gasteiger partial charge is 0.162 e. The number of benzene rings is 2. The first-order chi connectivity index (χ1) is 10.3. The fourth-order valence-electron chi connectivity index (χ4n) is 2.08. The molecule has 0 spiro atoms. The Labute approximate surface area is 127 Å². The van der Waals surface area contributed by atoms with Crippen LogP contribution in [0.25, 0.3) is 22.4 Å². The van der Waals surface area contributed by atoms with E-state index < -0.39 is 0 Å². The van der Waals surface area contributed by atoms with Crippen molar-refractivity contribution in [2.45, 2.75) is 0 Å². The Morgan fingerprint density at radius 1 is 0.952 bits per heavy atom. The molecule has 0 atom stereocenters. The summed E-state index contributed by atoms with van der Waals surface area (Å²) in [5, 5.41) is 0.962. The van der Waals surface area contributed by atoms with Crippen molar-refractivity contribution in [3.05, 3.63) is 53.0 Å². The van der Waals surface area contributed by atoms with Gasteiger partial charge in [0.2, 0.25) is 0 Å². The third kappa shape index (κ3) is 2.90. The van der Waals surface area contributed by atoms with Gasteiger partial charge in [0.15, 0.2) is 11.5 Å². The summed E-state index contributed by atoms with van der Waals surface area (Å²) in [5.74, 6) is 1.43. The summed E-state index contributed by atoms with van der Waals surface area (Å²) in [6.45, 7) is 0. The highest BCUT2D eigenvalue weighted by Gasteiger charge is 2.09. The summed E-state index contributed by atoms with van der Waals surface area (Å²) in [6.07, 6.45) is 4.09. The van der Waals surface area contributed by atoms with Crippen LogP contribution in [0.5, 0.6) is 11.5 Å². The maximum atomic E-state index is 5.32. The van der Waals surface area contributed by atoms with Crippen molar-refractivity contribution in [3.63, 3.8) is 0 Å². The SMILES string of the molecule is COc1cc2nc(C=Cc3ccccc3)sc2cc1OC. The van der Waals surface area contributed by atoms with Crippen LogP contribution in [0.1, 0.15) is 10.6 Å². The second-order valence-corrected chi connectivity index (χ2v) is 5.53. The fourth-order valence-corrected chi connectivity index (χ4v) is 2.96. The van der Waals surface area contributed by atoms with E-state index in [1.165, 1.54) is 0 Å². The lowest BCUT2D eigenvalue weighted by Crippen LogP contribution is -1.89. The molecule has 3 aromatic rings. The number of aromatic nitrogens is 1. The van der Waals surface area contributed by atoms with E-state index in [-0.39, 0.29) is 0 Å². The monoisotopic (exact) mass is 297 g/mol. The Morgan fingerprint density at radius 3 is 2.38 bits per heavy atom. The van der Waals surface area contributed by atoms with Crippen molar-refractivity contribution < 1.29 is 9.47 Å². The lowest BCUT2D eigenvalue weighted by Gasteiger charge is -2.05. The zero-order valence-electron chi connectivity index (χ0n) is 11.9. The van der Waals surface area contributed by atoms with Gasteiger partial charge in [-0.3, -0.25) is 0 Å². The average Bonchev–Trinajstić information content (AvgIpc) is 2.94. The maximum absolute atomic E-state index is 5.32. The van der Waals surface area contributed by atoms with Crippen LogP contribution in [0.15, 0.2) is 42.5 Å². The summed E-state index contributed by atoms with van der Waals surface area (Å²) < 4.78 is 11.7. The molecule has 4 heteroatoms. The minimum absolute atomic E-state index is 0.703. The molecule has 0 aliphatic rings. The van der Waals surface area contributed by atoms with Crippen molar-refractivity contribution in [3.8, 4) is 11.5 Å². The van der Waals surface area contributed by atoms with E-state index in [0.29, 0.717) is 5.75 Å². The number of nitrogens with zero attached hydrogens (tertiary/aromatic N) is 1. The summed E-state index contributed by atoms with van der Waals surface area (Å²) in [6, 6.07) is 14.1. The largest absolute Gasteiger partial charge is 0.493 e. The van der Waals surface area contributed by atoms with Gasteiger partial charge in [0.25, 0.3) is 0 Å². The van der Waals surface area contributed by atoms with E-state index >= 15 is 0 Å². The van der Waals surface area contributed by atoms with Crippen LogP contribution >= 0.6 is 11.3 Å². The van der Waals surface area contributed by atoms with Gasteiger partial charge in [0, 0.05) is 12.1 Å². The molecule has 0 N–H and O–H groups in total. The molecular weight excluding hydrogens is 282 g/mol. The van der Waals surface area contributed by atoms with Crippen LogP contribution in [0.3, 0.4) is 0 Å². The first-order valence-corrected chi connectivity index (χ1v) is 7.37. The number of hydrogen-bond acceptors (Lipinski definition) is 4. The third-order valence-electron chi connectivity index (χ3n) is 3.13. The molecule has 0 saturated heterocycles. The summed E-state index contributed by atoms with van der Waals surface area (Å²) in [4.78, 5) is 4.61. The van der Waals surface area contributed by atoms with Gasteiger partial charge in [0.1, 0.15) is 5.01 Å². The molecule has 0 unspecified atom stereocenters. The van der Waals surface area contributed by atoms with Crippen LogP contribution in [-0.2, 0) is 0 Å². The van der Waals surface area contributed by atoms with E-state index in [1.807, 2.05) is 36.4 Å². The molecule has 0 fully saturated rings. The van der Waals surface area contributed by atoms with Gasteiger partial charge in [-0.15, -0.1) is 11.3 Å². The Morgan fingerprint density at radius 2 is 1.67 bits per heavy atom. The van der Waals surface area contributed by atoms with Gasteiger partial charge in [-0.2, -0.15) is 0 Å². The molecule has 0 radical (unpaired) electrons. The van der Waals surface area contributed by atoms with Crippen molar-refractivity contribution in [1.82, 2.24) is 4.98 Å². The molecule has 0 aliphatic carbocycles. The highest BCUT2D eigenvalue weighted by molar-refractivity contribution is 7.19. The summed E-state index contributed by atoms with van der Waals surface area (Å²) in [7, 11) is 3.27. The second-order valence-electron chi connectivity index (χ2n) is 4.47. The van der Waals surface area contributed by atoms with E-state index in [1.54, 1.807) is 25.6 Å². The van der Waals surface area contributed by atoms with Crippen LogP contribution in [0.4, 0.5) is 0 Å². The van der Waals surface area contributed by atoms with E-state index in [9.17, 15) is 0 Å². The van der Waals surface area contributed by atoms with E-state index in [4.69, 9.17) is 9.47 Å². The van der Waals surface area contributed by atoms with Gasteiger partial charge in [-0.25, -0.2) is 4.98 Å². The molecule has 1 heterocycles. The Balaban J connectivity index is 1.96. The first-order valence-electron chi connectivity index (χ1n) is 6.56. The maximum Gasteiger partial charge on any atom is 0.162 e. The quantitative estimate of drug-likeness (QED) is 0.711. The molecule has 3 nitrogen and oxygen atoms in total. The molecule has 106 valence electrons. The molecule has 1 aromatic heterocycles. The van der Waals surface area contributed by atoms with Gasteiger partial charge < -0.3 is 9.47 Å². The van der Waals surface area contributed by atoms with Gasteiger partial charge in [-0.1, -0.05) is 36.4 Å². The second kappa shape index (κ2) is 5.97. The highest BCUT2D eigenvalue weighted by Crippen LogP contribution is 2.35. The molecule has 0 bridgehead atoms. The van der Waals surface area contributed by atoms with Crippen molar-refractivity contribution >= 4 is 33.7 Å². The Bertz CT molecular complexity index is 737. The van der Waals surface area contributed by atoms with Crippen molar-refractivity contribution in [1.29, 1.82) is 0 Å². The topological polar surface area (TPSA) is 31.4 Å².